The highest BCUT2D eigenvalue weighted by Gasteiger charge is 2.20. The summed E-state index contributed by atoms with van der Waals surface area (Å²) in [6.45, 7) is 5.17. The third-order valence-electron chi connectivity index (χ3n) is 4.27. The predicted molar refractivity (Wildman–Crippen MR) is 72.9 cm³/mol. The first-order chi connectivity index (χ1) is 8.17. The number of aliphatic hydroxyl groups excluding tert-OH is 1. The van der Waals surface area contributed by atoms with Crippen molar-refractivity contribution in [2.24, 2.45) is 17.6 Å². The lowest BCUT2D eigenvalue weighted by molar-refractivity contribution is 0.194. The van der Waals surface area contributed by atoms with Gasteiger partial charge in [-0.15, -0.1) is 0 Å². The van der Waals surface area contributed by atoms with Gasteiger partial charge in [-0.25, -0.2) is 0 Å². The Hall–Kier alpha value is -0.120. The van der Waals surface area contributed by atoms with E-state index in [1.165, 1.54) is 38.5 Å². The maximum Gasteiger partial charge on any atom is 0.0471 e. The van der Waals surface area contributed by atoms with Gasteiger partial charge in [0.05, 0.1) is 0 Å². The molecule has 0 saturated heterocycles. The van der Waals surface area contributed by atoms with E-state index in [2.05, 4.69) is 19.2 Å². The van der Waals surface area contributed by atoms with E-state index in [0.717, 1.165) is 5.92 Å². The van der Waals surface area contributed by atoms with Gasteiger partial charge in [0.2, 0.25) is 0 Å². The van der Waals surface area contributed by atoms with Crippen molar-refractivity contribution in [3.05, 3.63) is 0 Å². The minimum absolute atomic E-state index is 0.245. The molecule has 17 heavy (non-hydrogen) atoms. The van der Waals surface area contributed by atoms with E-state index in [1.807, 2.05) is 0 Å². The van der Waals surface area contributed by atoms with Gasteiger partial charge in [-0.05, 0) is 25.2 Å². The second-order valence-corrected chi connectivity index (χ2v) is 5.79. The van der Waals surface area contributed by atoms with Crippen LogP contribution in [0, 0.1) is 11.8 Å². The van der Waals surface area contributed by atoms with Gasteiger partial charge < -0.3 is 16.2 Å². The van der Waals surface area contributed by atoms with Gasteiger partial charge in [-0.3, -0.25) is 0 Å². The first-order valence-corrected chi connectivity index (χ1v) is 7.24. The Morgan fingerprint density at radius 1 is 1.24 bits per heavy atom. The zero-order chi connectivity index (χ0) is 12.7. The van der Waals surface area contributed by atoms with E-state index >= 15 is 0 Å². The SMILES string of the molecule is CC(CO)C(C)NC(CN)CC1CCCCC1. The van der Waals surface area contributed by atoms with Crippen LogP contribution in [0.1, 0.15) is 52.4 Å². The summed E-state index contributed by atoms with van der Waals surface area (Å²) in [5.74, 6) is 1.16. The van der Waals surface area contributed by atoms with Crippen LogP contribution in [-0.2, 0) is 0 Å². The van der Waals surface area contributed by atoms with Crippen LogP contribution in [0.5, 0.6) is 0 Å². The fraction of sp³-hybridized carbons (Fsp3) is 1.00. The van der Waals surface area contributed by atoms with E-state index < -0.39 is 0 Å². The van der Waals surface area contributed by atoms with Crippen molar-refractivity contribution in [2.45, 2.75) is 64.5 Å². The fourth-order valence-electron chi connectivity index (χ4n) is 2.75. The molecule has 3 atom stereocenters. The van der Waals surface area contributed by atoms with Gasteiger partial charge in [-0.2, -0.15) is 0 Å². The van der Waals surface area contributed by atoms with Crippen molar-refractivity contribution in [3.8, 4) is 0 Å². The Kier molecular flexibility index (Phi) is 7.09. The van der Waals surface area contributed by atoms with Gasteiger partial charge in [-0.1, -0.05) is 39.0 Å². The van der Waals surface area contributed by atoms with Crippen molar-refractivity contribution in [3.63, 3.8) is 0 Å². The molecule has 4 N–H and O–H groups in total. The molecule has 0 aromatic carbocycles. The van der Waals surface area contributed by atoms with Gasteiger partial charge >= 0.3 is 0 Å². The summed E-state index contributed by atoms with van der Waals surface area (Å²) in [4.78, 5) is 0. The minimum atomic E-state index is 0.245. The smallest absolute Gasteiger partial charge is 0.0471 e. The average molecular weight is 242 g/mol. The minimum Gasteiger partial charge on any atom is -0.396 e. The third kappa shape index (κ3) is 5.36. The van der Waals surface area contributed by atoms with E-state index in [9.17, 15) is 0 Å². The summed E-state index contributed by atoms with van der Waals surface area (Å²) < 4.78 is 0. The van der Waals surface area contributed by atoms with Crippen LogP contribution in [-0.4, -0.2) is 30.3 Å². The molecule has 0 aliphatic heterocycles. The maximum absolute atomic E-state index is 9.14. The maximum atomic E-state index is 9.14. The number of nitrogens with one attached hydrogen (secondary N) is 1. The molecule has 0 radical (unpaired) electrons. The molecule has 1 fully saturated rings. The molecule has 0 aromatic rings. The Morgan fingerprint density at radius 3 is 2.41 bits per heavy atom. The van der Waals surface area contributed by atoms with Crippen LogP contribution in [0.3, 0.4) is 0 Å². The van der Waals surface area contributed by atoms with Gasteiger partial charge in [0, 0.05) is 25.2 Å². The predicted octanol–water partition coefficient (Wildman–Crippen LogP) is 1.89. The first kappa shape index (κ1) is 14.9. The van der Waals surface area contributed by atoms with E-state index in [1.54, 1.807) is 0 Å². The van der Waals surface area contributed by atoms with Crippen molar-refractivity contribution < 1.29 is 5.11 Å². The second kappa shape index (κ2) is 8.06. The number of hydrogen-bond donors (Lipinski definition) is 3. The Bertz CT molecular complexity index is 189. The fourth-order valence-corrected chi connectivity index (χ4v) is 2.75. The van der Waals surface area contributed by atoms with Gasteiger partial charge in [0.15, 0.2) is 0 Å². The van der Waals surface area contributed by atoms with Crippen LogP contribution >= 0.6 is 0 Å². The molecule has 102 valence electrons. The topological polar surface area (TPSA) is 58.3 Å². The molecule has 1 aliphatic carbocycles. The lowest BCUT2D eigenvalue weighted by atomic mass is 9.84. The molecular formula is C14H30N2O. The summed E-state index contributed by atoms with van der Waals surface area (Å²) >= 11 is 0. The molecule has 0 aromatic heterocycles. The van der Waals surface area contributed by atoms with Crippen LogP contribution in [0.15, 0.2) is 0 Å². The summed E-state index contributed by atoms with van der Waals surface area (Å²) in [5, 5.41) is 12.7. The summed E-state index contributed by atoms with van der Waals surface area (Å²) in [6.07, 6.45) is 8.16. The molecule has 1 rings (SSSR count). The van der Waals surface area contributed by atoms with Crippen molar-refractivity contribution in [1.82, 2.24) is 5.32 Å². The number of aliphatic hydroxyl groups is 1. The van der Waals surface area contributed by atoms with E-state index in [0.29, 0.717) is 24.5 Å². The highest BCUT2D eigenvalue weighted by molar-refractivity contribution is 4.79. The Morgan fingerprint density at radius 2 is 1.88 bits per heavy atom. The molecule has 0 heterocycles. The molecule has 0 spiro atoms. The van der Waals surface area contributed by atoms with Crippen LogP contribution in [0.4, 0.5) is 0 Å². The molecule has 3 heteroatoms. The largest absolute Gasteiger partial charge is 0.396 e. The quantitative estimate of drug-likeness (QED) is 0.639. The third-order valence-corrected chi connectivity index (χ3v) is 4.27. The molecule has 1 saturated carbocycles. The van der Waals surface area contributed by atoms with Crippen molar-refractivity contribution >= 4 is 0 Å². The molecular weight excluding hydrogens is 212 g/mol. The first-order valence-electron chi connectivity index (χ1n) is 7.24. The lowest BCUT2D eigenvalue weighted by Gasteiger charge is -2.30. The Labute approximate surface area is 106 Å². The second-order valence-electron chi connectivity index (χ2n) is 5.79. The van der Waals surface area contributed by atoms with E-state index in [-0.39, 0.29) is 6.61 Å². The van der Waals surface area contributed by atoms with Gasteiger partial charge in [0.25, 0.3) is 0 Å². The van der Waals surface area contributed by atoms with Crippen molar-refractivity contribution in [2.75, 3.05) is 13.2 Å². The van der Waals surface area contributed by atoms with Crippen molar-refractivity contribution in [1.29, 1.82) is 0 Å². The highest BCUT2D eigenvalue weighted by atomic mass is 16.3. The number of hydrogen-bond acceptors (Lipinski definition) is 3. The molecule has 3 nitrogen and oxygen atoms in total. The van der Waals surface area contributed by atoms with Gasteiger partial charge in [0.1, 0.15) is 0 Å². The Balaban J connectivity index is 2.31. The summed E-state index contributed by atoms with van der Waals surface area (Å²) in [7, 11) is 0. The number of nitrogens with two attached hydrogens (primary N) is 1. The highest BCUT2D eigenvalue weighted by Crippen LogP contribution is 2.27. The normalized spacial score (nSPS) is 23.3. The molecule has 1 aliphatic rings. The summed E-state index contributed by atoms with van der Waals surface area (Å²) in [6, 6.07) is 0.763. The molecule has 3 unspecified atom stereocenters. The van der Waals surface area contributed by atoms with E-state index in [4.69, 9.17) is 10.8 Å². The monoisotopic (exact) mass is 242 g/mol. The lowest BCUT2D eigenvalue weighted by Crippen LogP contribution is -2.46. The van der Waals surface area contributed by atoms with Crippen LogP contribution in [0.2, 0.25) is 0 Å². The molecule has 0 amide bonds. The zero-order valence-electron chi connectivity index (χ0n) is 11.5. The zero-order valence-corrected chi connectivity index (χ0v) is 11.5. The average Bonchev–Trinajstić information content (AvgIpc) is 2.38. The van der Waals surface area contributed by atoms with Crippen LogP contribution in [0.25, 0.3) is 0 Å². The summed E-state index contributed by atoms with van der Waals surface area (Å²) in [5.41, 5.74) is 5.85. The number of rotatable bonds is 7. The van der Waals surface area contributed by atoms with Crippen LogP contribution < -0.4 is 11.1 Å². The molecule has 0 bridgehead atoms. The standard InChI is InChI=1S/C14H30N2O/c1-11(10-17)12(2)16-14(9-15)8-13-6-4-3-5-7-13/h11-14,16-17H,3-10,15H2,1-2H3.